The van der Waals surface area contributed by atoms with Crippen LogP contribution in [0.3, 0.4) is 0 Å². The number of H-pyrrole nitrogens is 1. The second-order valence-electron chi connectivity index (χ2n) is 5.66. The third-order valence-electron chi connectivity index (χ3n) is 4.07. The van der Waals surface area contributed by atoms with Crippen molar-refractivity contribution in [1.29, 1.82) is 0 Å². The van der Waals surface area contributed by atoms with E-state index in [2.05, 4.69) is 25.0 Å². The normalized spacial score (nSPS) is 14.0. The summed E-state index contributed by atoms with van der Waals surface area (Å²) < 4.78 is 8.06. The molecule has 11 nitrogen and oxygen atoms in total. The fourth-order valence-corrected chi connectivity index (χ4v) is 2.72. The molecule has 3 N–H and O–H groups in total. The first-order valence-electron chi connectivity index (χ1n) is 7.93. The number of nitrogens with zero attached hydrogens (tertiary/aromatic N) is 6. The summed E-state index contributed by atoms with van der Waals surface area (Å²) in [7, 11) is 0. The molecule has 0 spiro atoms. The lowest BCUT2D eigenvalue weighted by Gasteiger charge is -2.27. The summed E-state index contributed by atoms with van der Waals surface area (Å²) in [5, 5.41) is 2.86. The molecule has 4 rings (SSSR count). The molecule has 0 aliphatic carbocycles. The maximum absolute atomic E-state index is 12.7. The van der Waals surface area contributed by atoms with Crippen molar-refractivity contribution in [2.75, 3.05) is 31.2 Å². The van der Waals surface area contributed by atoms with Gasteiger partial charge >= 0.3 is 0 Å². The lowest BCUT2D eigenvalue weighted by atomic mass is 10.4. The molecule has 4 heterocycles. The standard InChI is InChI=1S/C15H16N8O3.ClH/c16-14(24)10-7-22(9-19-10)11-6-20-23(15(11)25)13-5-12(17-8-18-13)21-1-3-26-4-2-21;/h5-9,20H,1-4H2,(H2,16,24);1H. The molecule has 1 saturated heterocycles. The highest BCUT2D eigenvalue weighted by Gasteiger charge is 2.16. The lowest BCUT2D eigenvalue weighted by molar-refractivity contribution is 0.0996. The third kappa shape index (κ3) is 3.55. The number of carbonyl (C=O) groups is 1. The van der Waals surface area contributed by atoms with Gasteiger partial charge in [-0.15, -0.1) is 12.4 Å². The molecule has 1 aliphatic rings. The molecule has 142 valence electrons. The Bertz CT molecular complexity index is 1000. The Hall–Kier alpha value is -3.18. The smallest absolute Gasteiger partial charge is 0.296 e. The van der Waals surface area contributed by atoms with Gasteiger partial charge in [0, 0.05) is 31.5 Å². The number of imidazole rings is 1. The third-order valence-corrected chi connectivity index (χ3v) is 4.07. The summed E-state index contributed by atoms with van der Waals surface area (Å²) in [5.74, 6) is 0.471. The van der Waals surface area contributed by atoms with Crippen molar-refractivity contribution in [3.05, 3.63) is 47.2 Å². The minimum Gasteiger partial charge on any atom is -0.378 e. The number of morpholine rings is 1. The zero-order chi connectivity index (χ0) is 18.1. The SMILES string of the molecule is Cl.NC(=O)c1cn(-c2c[nH]n(-c3cc(N4CCOCC4)ncn3)c2=O)cn1. The van der Waals surface area contributed by atoms with Crippen LogP contribution in [-0.2, 0) is 4.74 Å². The number of primary amides is 1. The number of anilines is 1. The molecule has 1 amide bonds. The average Bonchev–Trinajstić information content (AvgIpc) is 3.29. The van der Waals surface area contributed by atoms with Gasteiger partial charge in [-0.3, -0.25) is 19.3 Å². The highest BCUT2D eigenvalue weighted by molar-refractivity contribution is 5.90. The Morgan fingerprint density at radius 3 is 2.63 bits per heavy atom. The van der Waals surface area contributed by atoms with Crippen LogP contribution < -0.4 is 16.2 Å². The number of aromatic nitrogens is 6. The molecule has 0 saturated carbocycles. The number of hydrogen-bond donors (Lipinski definition) is 2. The highest BCUT2D eigenvalue weighted by atomic mass is 35.5. The van der Waals surface area contributed by atoms with Crippen LogP contribution in [0.5, 0.6) is 0 Å². The first-order valence-corrected chi connectivity index (χ1v) is 7.93. The monoisotopic (exact) mass is 392 g/mol. The summed E-state index contributed by atoms with van der Waals surface area (Å²) in [6.45, 7) is 2.72. The van der Waals surface area contributed by atoms with E-state index in [0.717, 1.165) is 18.9 Å². The quantitative estimate of drug-likeness (QED) is 0.610. The predicted octanol–water partition coefficient (Wildman–Crippen LogP) is -0.501. The van der Waals surface area contributed by atoms with Crippen LogP contribution in [0, 0.1) is 0 Å². The minimum atomic E-state index is -0.662. The lowest BCUT2D eigenvalue weighted by Crippen LogP contribution is -2.37. The van der Waals surface area contributed by atoms with E-state index in [1.165, 1.54) is 34.3 Å². The van der Waals surface area contributed by atoms with Crippen LogP contribution in [0.25, 0.3) is 11.5 Å². The molecule has 0 bridgehead atoms. The Kier molecular flexibility index (Phi) is 5.23. The van der Waals surface area contributed by atoms with Gasteiger partial charge < -0.3 is 15.4 Å². The Labute approximate surface area is 159 Å². The average molecular weight is 393 g/mol. The van der Waals surface area contributed by atoms with Crippen LogP contribution in [0.15, 0.2) is 35.9 Å². The van der Waals surface area contributed by atoms with Gasteiger partial charge in [-0.25, -0.2) is 15.0 Å². The Morgan fingerprint density at radius 2 is 1.93 bits per heavy atom. The van der Waals surface area contributed by atoms with Crippen LogP contribution in [0.2, 0.25) is 0 Å². The zero-order valence-corrected chi connectivity index (χ0v) is 14.9. The van der Waals surface area contributed by atoms with Gasteiger partial charge in [0.1, 0.15) is 29.9 Å². The molecule has 0 atom stereocenters. The van der Waals surface area contributed by atoms with E-state index in [1.54, 1.807) is 6.07 Å². The molecule has 1 fully saturated rings. The minimum absolute atomic E-state index is 0. The van der Waals surface area contributed by atoms with Gasteiger partial charge in [-0.05, 0) is 0 Å². The Morgan fingerprint density at radius 1 is 1.19 bits per heavy atom. The van der Waals surface area contributed by atoms with Crippen molar-refractivity contribution in [1.82, 2.24) is 29.3 Å². The number of halogens is 1. The molecule has 0 radical (unpaired) electrons. The fourth-order valence-electron chi connectivity index (χ4n) is 2.72. The van der Waals surface area contributed by atoms with Gasteiger partial charge in [-0.1, -0.05) is 0 Å². The number of hydrogen-bond acceptors (Lipinski definition) is 7. The predicted molar refractivity (Wildman–Crippen MR) is 97.9 cm³/mol. The van der Waals surface area contributed by atoms with Crippen molar-refractivity contribution in [2.24, 2.45) is 5.73 Å². The first-order chi connectivity index (χ1) is 12.6. The molecule has 3 aromatic heterocycles. The van der Waals surface area contributed by atoms with E-state index in [4.69, 9.17) is 10.5 Å². The number of amides is 1. The first kappa shape index (κ1) is 18.6. The molecular formula is C15H17ClN8O3. The zero-order valence-electron chi connectivity index (χ0n) is 14.1. The van der Waals surface area contributed by atoms with E-state index in [-0.39, 0.29) is 29.3 Å². The largest absolute Gasteiger partial charge is 0.378 e. The number of ether oxygens (including phenoxy) is 1. The molecule has 0 aromatic carbocycles. The maximum atomic E-state index is 12.7. The Balaban J connectivity index is 0.00000210. The van der Waals surface area contributed by atoms with E-state index in [9.17, 15) is 9.59 Å². The van der Waals surface area contributed by atoms with E-state index in [1.807, 2.05) is 0 Å². The van der Waals surface area contributed by atoms with Gasteiger partial charge in [-0.2, -0.15) is 4.68 Å². The summed E-state index contributed by atoms with van der Waals surface area (Å²) in [5.41, 5.74) is 5.21. The number of aromatic amines is 1. The van der Waals surface area contributed by atoms with Crippen molar-refractivity contribution < 1.29 is 9.53 Å². The van der Waals surface area contributed by atoms with Crippen LogP contribution in [0.1, 0.15) is 10.5 Å². The number of rotatable bonds is 4. The number of nitrogens with one attached hydrogen (secondary N) is 1. The van der Waals surface area contributed by atoms with Crippen LogP contribution >= 0.6 is 12.4 Å². The summed E-state index contributed by atoms with van der Waals surface area (Å²) in [4.78, 5) is 38.3. The van der Waals surface area contributed by atoms with E-state index >= 15 is 0 Å². The molecular weight excluding hydrogens is 376 g/mol. The maximum Gasteiger partial charge on any atom is 0.296 e. The molecule has 3 aromatic rings. The van der Waals surface area contributed by atoms with Crippen molar-refractivity contribution >= 4 is 24.1 Å². The molecule has 1 aliphatic heterocycles. The number of carbonyl (C=O) groups excluding carboxylic acids is 1. The van der Waals surface area contributed by atoms with Gasteiger partial charge in [0.05, 0.1) is 13.2 Å². The van der Waals surface area contributed by atoms with E-state index in [0.29, 0.717) is 19.0 Å². The van der Waals surface area contributed by atoms with Crippen molar-refractivity contribution in [3.63, 3.8) is 0 Å². The second kappa shape index (κ2) is 7.60. The molecule has 27 heavy (non-hydrogen) atoms. The van der Waals surface area contributed by atoms with Crippen molar-refractivity contribution in [3.8, 4) is 11.5 Å². The van der Waals surface area contributed by atoms with E-state index < -0.39 is 5.91 Å². The number of nitrogens with two attached hydrogens (primary N) is 1. The van der Waals surface area contributed by atoms with Gasteiger partial charge in [0.25, 0.3) is 11.5 Å². The van der Waals surface area contributed by atoms with Crippen LogP contribution in [-0.4, -0.2) is 61.5 Å². The molecule has 12 heteroatoms. The molecule has 0 unspecified atom stereocenters. The summed E-state index contributed by atoms with van der Waals surface area (Å²) >= 11 is 0. The van der Waals surface area contributed by atoms with Gasteiger partial charge in [0.2, 0.25) is 0 Å². The van der Waals surface area contributed by atoms with Gasteiger partial charge in [0.15, 0.2) is 5.82 Å². The topological polar surface area (TPSA) is 137 Å². The summed E-state index contributed by atoms with van der Waals surface area (Å²) in [6, 6.07) is 1.73. The van der Waals surface area contributed by atoms with Crippen LogP contribution in [0.4, 0.5) is 5.82 Å². The highest BCUT2D eigenvalue weighted by Crippen LogP contribution is 2.14. The second-order valence-corrected chi connectivity index (χ2v) is 5.66. The fraction of sp³-hybridized carbons (Fsp3) is 0.267. The summed E-state index contributed by atoms with van der Waals surface area (Å²) in [6.07, 6.45) is 5.67. The van der Waals surface area contributed by atoms with Crippen molar-refractivity contribution in [2.45, 2.75) is 0 Å².